The molecule has 102 valence electrons. The summed E-state index contributed by atoms with van der Waals surface area (Å²) in [6.45, 7) is 0. The second-order valence-corrected chi connectivity index (χ2v) is 4.91. The first-order chi connectivity index (χ1) is 9.11. The van der Waals surface area contributed by atoms with E-state index in [1.54, 1.807) is 36.3 Å². The minimum atomic E-state index is 0.00185. The number of ether oxygens (including phenoxy) is 1. The van der Waals surface area contributed by atoms with Gasteiger partial charge in [-0.1, -0.05) is 0 Å². The van der Waals surface area contributed by atoms with Gasteiger partial charge in [0, 0.05) is 31.5 Å². The highest BCUT2D eigenvalue weighted by molar-refractivity contribution is 5.94. The van der Waals surface area contributed by atoms with Gasteiger partial charge >= 0.3 is 0 Å². The van der Waals surface area contributed by atoms with E-state index in [0.29, 0.717) is 24.2 Å². The summed E-state index contributed by atoms with van der Waals surface area (Å²) in [5.74, 6) is 1.05. The van der Waals surface area contributed by atoms with Crippen molar-refractivity contribution < 1.29 is 14.3 Å². The molecular weight excluding hydrogens is 242 g/mol. The Balaban J connectivity index is 2.03. The van der Waals surface area contributed by atoms with E-state index in [9.17, 15) is 9.59 Å². The van der Waals surface area contributed by atoms with E-state index >= 15 is 0 Å². The number of carbonyl (C=O) groups excluding carboxylic acids is 2. The predicted molar refractivity (Wildman–Crippen MR) is 72.4 cm³/mol. The second-order valence-electron chi connectivity index (χ2n) is 4.91. The number of benzene rings is 1. The molecule has 0 atom stereocenters. The van der Waals surface area contributed by atoms with Crippen LogP contribution in [0.15, 0.2) is 24.3 Å². The molecule has 1 aromatic rings. The Morgan fingerprint density at radius 3 is 2.32 bits per heavy atom. The van der Waals surface area contributed by atoms with Crippen molar-refractivity contribution in [1.29, 1.82) is 0 Å². The molecule has 0 unspecified atom stereocenters. The van der Waals surface area contributed by atoms with Crippen LogP contribution in [0.4, 0.5) is 0 Å². The molecule has 1 fully saturated rings. The average Bonchev–Trinajstić information content (AvgIpc) is 2.46. The summed E-state index contributed by atoms with van der Waals surface area (Å²) in [5.41, 5.74) is 0.653. The molecule has 0 bridgehead atoms. The standard InChI is InChI=1S/C15H19NO3/c1-16(12-5-7-13(17)8-6-12)15(18)11-3-9-14(19-2)10-4-11/h3-4,9-10,12H,5-8H2,1-2H3. The number of methoxy groups -OCH3 is 1. The number of ketones is 1. The summed E-state index contributed by atoms with van der Waals surface area (Å²) < 4.78 is 5.08. The molecule has 1 amide bonds. The van der Waals surface area contributed by atoms with Crippen LogP contribution in [0.1, 0.15) is 36.0 Å². The van der Waals surface area contributed by atoms with Crippen molar-refractivity contribution in [3.8, 4) is 5.75 Å². The second kappa shape index (κ2) is 5.87. The summed E-state index contributed by atoms with van der Waals surface area (Å²) in [4.78, 5) is 25.3. The first-order valence-corrected chi connectivity index (χ1v) is 6.54. The minimum Gasteiger partial charge on any atom is -0.497 e. The summed E-state index contributed by atoms with van der Waals surface area (Å²) in [6, 6.07) is 7.28. The highest BCUT2D eigenvalue weighted by Gasteiger charge is 2.25. The maximum Gasteiger partial charge on any atom is 0.253 e. The van der Waals surface area contributed by atoms with Crippen LogP contribution in [0.3, 0.4) is 0 Å². The summed E-state index contributed by atoms with van der Waals surface area (Å²) in [5, 5.41) is 0. The Hall–Kier alpha value is -1.84. The molecule has 1 saturated carbocycles. The van der Waals surface area contributed by atoms with Gasteiger partial charge in [-0.2, -0.15) is 0 Å². The fraction of sp³-hybridized carbons (Fsp3) is 0.467. The lowest BCUT2D eigenvalue weighted by atomic mass is 9.93. The third-order valence-electron chi connectivity index (χ3n) is 3.72. The van der Waals surface area contributed by atoms with E-state index in [4.69, 9.17) is 4.74 Å². The van der Waals surface area contributed by atoms with Gasteiger partial charge in [0.1, 0.15) is 11.5 Å². The van der Waals surface area contributed by atoms with Gasteiger partial charge in [0.05, 0.1) is 7.11 Å². The van der Waals surface area contributed by atoms with Gasteiger partial charge in [0.15, 0.2) is 0 Å². The van der Waals surface area contributed by atoms with Gasteiger partial charge < -0.3 is 9.64 Å². The molecule has 0 spiro atoms. The first-order valence-electron chi connectivity index (χ1n) is 6.54. The van der Waals surface area contributed by atoms with Crippen LogP contribution in [0.2, 0.25) is 0 Å². The van der Waals surface area contributed by atoms with Gasteiger partial charge in [-0.25, -0.2) is 0 Å². The fourth-order valence-electron chi connectivity index (χ4n) is 2.41. The van der Waals surface area contributed by atoms with Crippen molar-refractivity contribution in [3.05, 3.63) is 29.8 Å². The predicted octanol–water partition coefficient (Wildman–Crippen LogP) is 2.28. The molecular formula is C15H19NO3. The zero-order valence-corrected chi connectivity index (χ0v) is 11.4. The third kappa shape index (κ3) is 3.13. The van der Waals surface area contributed by atoms with Gasteiger partial charge in [0.2, 0.25) is 0 Å². The lowest BCUT2D eigenvalue weighted by Gasteiger charge is -2.30. The molecule has 19 heavy (non-hydrogen) atoms. The van der Waals surface area contributed by atoms with Gasteiger partial charge in [-0.3, -0.25) is 9.59 Å². The van der Waals surface area contributed by atoms with Crippen molar-refractivity contribution in [2.24, 2.45) is 0 Å². The van der Waals surface area contributed by atoms with Crippen molar-refractivity contribution in [1.82, 2.24) is 4.90 Å². The maximum absolute atomic E-state index is 12.3. The molecule has 0 aromatic heterocycles. The number of hydrogen-bond acceptors (Lipinski definition) is 3. The lowest BCUT2D eigenvalue weighted by molar-refractivity contribution is -0.121. The average molecular weight is 261 g/mol. The van der Waals surface area contributed by atoms with E-state index in [-0.39, 0.29) is 11.9 Å². The van der Waals surface area contributed by atoms with E-state index < -0.39 is 0 Å². The van der Waals surface area contributed by atoms with Gasteiger partial charge in [0.25, 0.3) is 5.91 Å². The topological polar surface area (TPSA) is 46.6 Å². The molecule has 4 nitrogen and oxygen atoms in total. The Bertz CT molecular complexity index is 457. The molecule has 0 saturated heterocycles. The monoisotopic (exact) mass is 261 g/mol. The number of carbonyl (C=O) groups is 2. The number of nitrogens with zero attached hydrogens (tertiary/aromatic N) is 1. The van der Waals surface area contributed by atoms with Crippen LogP contribution in [0.25, 0.3) is 0 Å². The van der Waals surface area contributed by atoms with E-state index in [0.717, 1.165) is 18.6 Å². The van der Waals surface area contributed by atoms with Crippen LogP contribution in [-0.2, 0) is 4.79 Å². The molecule has 0 heterocycles. The zero-order valence-electron chi connectivity index (χ0n) is 11.4. The van der Waals surface area contributed by atoms with Crippen molar-refractivity contribution >= 4 is 11.7 Å². The van der Waals surface area contributed by atoms with Crippen molar-refractivity contribution in [2.75, 3.05) is 14.2 Å². The fourth-order valence-corrected chi connectivity index (χ4v) is 2.41. The summed E-state index contributed by atoms with van der Waals surface area (Å²) >= 11 is 0. The highest BCUT2D eigenvalue weighted by atomic mass is 16.5. The minimum absolute atomic E-state index is 0.00185. The summed E-state index contributed by atoms with van der Waals surface area (Å²) in [7, 11) is 3.41. The number of rotatable bonds is 3. The quantitative estimate of drug-likeness (QED) is 0.838. The number of hydrogen-bond donors (Lipinski definition) is 0. The molecule has 1 aliphatic carbocycles. The van der Waals surface area contributed by atoms with Crippen LogP contribution >= 0.6 is 0 Å². The van der Waals surface area contributed by atoms with E-state index in [2.05, 4.69) is 0 Å². The van der Waals surface area contributed by atoms with Crippen LogP contribution in [0, 0.1) is 0 Å². The molecule has 2 rings (SSSR count). The van der Waals surface area contributed by atoms with E-state index in [1.165, 1.54) is 0 Å². The largest absolute Gasteiger partial charge is 0.497 e. The zero-order chi connectivity index (χ0) is 13.8. The Labute approximate surface area is 113 Å². The normalized spacial score (nSPS) is 16.2. The molecule has 0 radical (unpaired) electrons. The number of amides is 1. The molecule has 1 aliphatic rings. The third-order valence-corrected chi connectivity index (χ3v) is 3.72. The van der Waals surface area contributed by atoms with Crippen LogP contribution in [0.5, 0.6) is 5.75 Å². The highest BCUT2D eigenvalue weighted by Crippen LogP contribution is 2.21. The molecule has 0 N–H and O–H groups in total. The van der Waals surface area contributed by atoms with E-state index in [1.807, 2.05) is 7.05 Å². The molecule has 0 aliphatic heterocycles. The Morgan fingerprint density at radius 1 is 1.21 bits per heavy atom. The van der Waals surface area contributed by atoms with Gasteiger partial charge in [-0.15, -0.1) is 0 Å². The number of Topliss-reactive ketones (excluding diaryl/α,β-unsaturated/α-hetero) is 1. The van der Waals surface area contributed by atoms with Crippen molar-refractivity contribution in [2.45, 2.75) is 31.7 Å². The van der Waals surface area contributed by atoms with Gasteiger partial charge in [-0.05, 0) is 37.1 Å². The van der Waals surface area contributed by atoms with Crippen LogP contribution in [-0.4, -0.2) is 36.8 Å². The van der Waals surface area contributed by atoms with Crippen LogP contribution < -0.4 is 4.74 Å². The SMILES string of the molecule is COc1ccc(C(=O)N(C)C2CCC(=O)CC2)cc1. The smallest absolute Gasteiger partial charge is 0.253 e. The Kier molecular flexibility index (Phi) is 4.20. The summed E-state index contributed by atoms with van der Waals surface area (Å²) in [6.07, 6.45) is 2.73. The lowest BCUT2D eigenvalue weighted by Crippen LogP contribution is -2.39. The first kappa shape index (κ1) is 13.6. The Morgan fingerprint density at radius 2 is 1.79 bits per heavy atom. The molecule has 4 heteroatoms. The molecule has 1 aromatic carbocycles. The maximum atomic E-state index is 12.3. The van der Waals surface area contributed by atoms with Crippen molar-refractivity contribution in [3.63, 3.8) is 0 Å².